The summed E-state index contributed by atoms with van der Waals surface area (Å²) in [5, 5.41) is 14.8. The van der Waals surface area contributed by atoms with E-state index in [9.17, 15) is 5.11 Å². The highest BCUT2D eigenvalue weighted by Crippen LogP contribution is 2.35. The van der Waals surface area contributed by atoms with E-state index in [1.807, 2.05) is 31.2 Å². The number of fused-ring (bicyclic) bond motifs is 1. The zero-order chi connectivity index (χ0) is 14.1. The maximum Gasteiger partial charge on any atom is 0.164 e. The molecule has 3 rings (SSSR count). The summed E-state index contributed by atoms with van der Waals surface area (Å²) in [6, 6.07) is 7.45. The molecular formula is C14H15BrN2O3. The average Bonchev–Trinajstić information content (AvgIpc) is 2.87. The van der Waals surface area contributed by atoms with Crippen molar-refractivity contribution in [1.29, 1.82) is 0 Å². The summed E-state index contributed by atoms with van der Waals surface area (Å²) < 4.78 is 14.0. The normalized spacial score (nSPS) is 18.9. The molecule has 2 atom stereocenters. The van der Waals surface area contributed by atoms with Gasteiger partial charge in [-0.3, -0.25) is 4.68 Å². The van der Waals surface area contributed by atoms with Crippen molar-refractivity contribution in [1.82, 2.24) is 9.78 Å². The maximum absolute atomic E-state index is 10.6. The Morgan fingerprint density at radius 3 is 2.95 bits per heavy atom. The first kappa shape index (κ1) is 13.5. The zero-order valence-electron chi connectivity index (χ0n) is 11.0. The maximum atomic E-state index is 10.6. The Hall–Kier alpha value is -1.53. The van der Waals surface area contributed by atoms with Gasteiger partial charge in [0.05, 0.1) is 16.4 Å². The molecule has 0 saturated heterocycles. The summed E-state index contributed by atoms with van der Waals surface area (Å²) in [6.07, 6.45) is 0.419. The molecule has 1 aliphatic heterocycles. The Kier molecular flexibility index (Phi) is 3.67. The Balaban J connectivity index is 1.85. The van der Waals surface area contributed by atoms with Gasteiger partial charge in [0, 0.05) is 6.54 Å². The minimum absolute atomic E-state index is 0.305. The number of aromatic nitrogens is 2. The molecule has 20 heavy (non-hydrogen) atoms. The fourth-order valence-corrected chi connectivity index (χ4v) is 2.82. The van der Waals surface area contributed by atoms with Gasteiger partial charge in [-0.25, -0.2) is 0 Å². The second kappa shape index (κ2) is 5.46. The second-order valence-corrected chi connectivity index (χ2v) is 5.41. The molecule has 5 nitrogen and oxygen atoms in total. The molecule has 2 unspecified atom stereocenters. The van der Waals surface area contributed by atoms with Crippen LogP contribution < -0.4 is 9.47 Å². The van der Waals surface area contributed by atoms with E-state index < -0.39 is 12.2 Å². The zero-order valence-corrected chi connectivity index (χ0v) is 12.6. The number of hydrogen-bond acceptors (Lipinski definition) is 4. The van der Waals surface area contributed by atoms with E-state index in [0.29, 0.717) is 30.3 Å². The third-order valence-corrected chi connectivity index (χ3v) is 3.91. The Morgan fingerprint density at radius 2 is 2.20 bits per heavy atom. The van der Waals surface area contributed by atoms with Gasteiger partial charge in [0.1, 0.15) is 12.7 Å². The van der Waals surface area contributed by atoms with Gasteiger partial charge in [-0.05, 0) is 35.0 Å². The van der Waals surface area contributed by atoms with E-state index in [2.05, 4.69) is 21.0 Å². The summed E-state index contributed by atoms with van der Waals surface area (Å²) in [4.78, 5) is 0. The lowest BCUT2D eigenvalue weighted by Crippen LogP contribution is -2.36. The molecule has 0 spiro atoms. The Morgan fingerprint density at radius 1 is 1.45 bits per heavy atom. The van der Waals surface area contributed by atoms with E-state index in [1.54, 1.807) is 10.9 Å². The van der Waals surface area contributed by atoms with Crippen molar-refractivity contribution in [3.63, 3.8) is 0 Å². The highest BCUT2D eigenvalue weighted by molar-refractivity contribution is 9.10. The van der Waals surface area contributed by atoms with Crippen LogP contribution >= 0.6 is 15.9 Å². The van der Waals surface area contributed by atoms with Gasteiger partial charge in [-0.1, -0.05) is 12.1 Å². The topological polar surface area (TPSA) is 56.5 Å². The van der Waals surface area contributed by atoms with Gasteiger partial charge >= 0.3 is 0 Å². The average molecular weight is 339 g/mol. The lowest BCUT2D eigenvalue weighted by Gasteiger charge is -2.30. The first-order chi connectivity index (χ1) is 9.70. The number of para-hydroxylation sites is 2. The molecule has 6 heteroatoms. The van der Waals surface area contributed by atoms with E-state index in [-0.39, 0.29) is 0 Å². The molecule has 0 bridgehead atoms. The van der Waals surface area contributed by atoms with Gasteiger partial charge in [0.2, 0.25) is 0 Å². The fraction of sp³-hybridized carbons (Fsp3) is 0.357. The molecule has 0 amide bonds. The monoisotopic (exact) mass is 338 g/mol. The smallest absolute Gasteiger partial charge is 0.164 e. The largest absolute Gasteiger partial charge is 0.486 e. The molecule has 2 aromatic rings. The SMILES string of the molecule is CCn1ncc(Br)c1C(O)C1COc2ccccc2O1. The first-order valence-corrected chi connectivity index (χ1v) is 7.27. The molecule has 2 heterocycles. The van der Waals surface area contributed by atoms with Crippen molar-refractivity contribution in [2.24, 2.45) is 0 Å². The summed E-state index contributed by atoms with van der Waals surface area (Å²) in [5.41, 5.74) is 0.709. The fourth-order valence-electron chi connectivity index (χ4n) is 2.29. The third-order valence-electron chi connectivity index (χ3n) is 3.30. The third kappa shape index (κ3) is 2.29. The molecule has 106 valence electrons. The minimum atomic E-state index is -0.805. The summed E-state index contributed by atoms with van der Waals surface area (Å²) in [6.45, 7) is 2.96. The van der Waals surface area contributed by atoms with Crippen molar-refractivity contribution >= 4 is 15.9 Å². The van der Waals surface area contributed by atoms with Crippen LogP contribution in [0.3, 0.4) is 0 Å². The number of benzene rings is 1. The highest BCUT2D eigenvalue weighted by Gasteiger charge is 2.32. The quantitative estimate of drug-likeness (QED) is 0.934. The lowest BCUT2D eigenvalue weighted by molar-refractivity contribution is -0.0156. The van der Waals surface area contributed by atoms with Crippen molar-refractivity contribution in [3.05, 3.63) is 40.6 Å². The van der Waals surface area contributed by atoms with Crippen molar-refractivity contribution < 1.29 is 14.6 Å². The number of aryl methyl sites for hydroxylation is 1. The van der Waals surface area contributed by atoms with Gasteiger partial charge in [0.15, 0.2) is 17.6 Å². The minimum Gasteiger partial charge on any atom is -0.486 e. The number of ether oxygens (including phenoxy) is 2. The molecule has 1 aromatic heterocycles. The van der Waals surface area contributed by atoms with E-state index in [1.165, 1.54) is 0 Å². The van der Waals surface area contributed by atoms with E-state index >= 15 is 0 Å². The van der Waals surface area contributed by atoms with Crippen molar-refractivity contribution in [2.45, 2.75) is 25.7 Å². The van der Waals surface area contributed by atoms with Crippen LogP contribution in [0, 0.1) is 0 Å². The highest BCUT2D eigenvalue weighted by atomic mass is 79.9. The Labute approximate surface area is 125 Å². The number of aliphatic hydroxyl groups is 1. The van der Waals surface area contributed by atoms with Crippen LogP contribution in [0.2, 0.25) is 0 Å². The number of halogens is 1. The van der Waals surface area contributed by atoms with Gasteiger partial charge < -0.3 is 14.6 Å². The van der Waals surface area contributed by atoms with Crippen LogP contribution in [0.5, 0.6) is 11.5 Å². The molecule has 1 aromatic carbocycles. The summed E-state index contributed by atoms with van der Waals surface area (Å²) in [5.74, 6) is 1.36. The number of rotatable bonds is 3. The molecule has 1 aliphatic rings. The van der Waals surface area contributed by atoms with Crippen LogP contribution in [0.15, 0.2) is 34.9 Å². The van der Waals surface area contributed by atoms with Crippen molar-refractivity contribution in [3.8, 4) is 11.5 Å². The van der Waals surface area contributed by atoms with Gasteiger partial charge in [-0.2, -0.15) is 5.10 Å². The van der Waals surface area contributed by atoms with Crippen LogP contribution in [0.4, 0.5) is 0 Å². The number of aliphatic hydroxyl groups excluding tert-OH is 1. The van der Waals surface area contributed by atoms with E-state index in [4.69, 9.17) is 9.47 Å². The summed E-state index contributed by atoms with van der Waals surface area (Å²) >= 11 is 3.42. The standard InChI is InChI=1S/C14H15BrN2O3/c1-2-17-13(9(15)7-16-17)14(18)12-8-19-10-5-3-4-6-11(10)20-12/h3-7,12,14,18H,2,8H2,1H3. The first-order valence-electron chi connectivity index (χ1n) is 6.48. The predicted molar refractivity (Wildman–Crippen MR) is 76.9 cm³/mol. The van der Waals surface area contributed by atoms with Crippen LogP contribution in [-0.2, 0) is 6.54 Å². The van der Waals surface area contributed by atoms with E-state index in [0.717, 1.165) is 4.47 Å². The summed E-state index contributed by atoms with van der Waals surface area (Å²) in [7, 11) is 0. The molecule has 0 saturated carbocycles. The number of hydrogen-bond donors (Lipinski definition) is 1. The van der Waals surface area contributed by atoms with Crippen LogP contribution in [0.25, 0.3) is 0 Å². The van der Waals surface area contributed by atoms with Crippen molar-refractivity contribution in [2.75, 3.05) is 6.61 Å². The molecule has 0 fully saturated rings. The van der Waals surface area contributed by atoms with Crippen LogP contribution in [0.1, 0.15) is 18.7 Å². The molecule has 1 N–H and O–H groups in total. The molecular weight excluding hydrogens is 324 g/mol. The lowest BCUT2D eigenvalue weighted by atomic mass is 10.1. The number of nitrogens with zero attached hydrogens (tertiary/aromatic N) is 2. The van der Waals surface area contributed by atoms with Gasteiger partial charge in [0.25, 0.3) is 0 Å². The van der Waals surface area contributed by atoms with Gasteiger partial charge in [-0.15, -0.1) is 0 Å². The second-order valence-electron chi connectivity index (χ2n) is 4.55. The predicted octanol–water partition coefficient (Wildman–Crippen LogP) is 2.54. The van der Waals surface area contributed by atoms with Crippen LogP contribution in [-0.4, -0.2) is 27.6 Å². The molecule has 0 aliphatic carbocycles. The Bertz CT molecular complexity index is 614. The molecule has 0 radical (unpaired) electrons.